The molecule has 3 heteroatoms. The highest BCUT2D eigenvalue weighted by atomic mass is 16.3. The van der Waals surface area contributed by atoms with E-state index in [4.69, 9.17) is 5.73 Å². The largest absolute Gasteiger partial charge is 0.392 e. The van der Waals surface area contributed by atoms with E-state index in [0.717, 1.165) is 13.0 Å². The van der Waals surface area contributed by atoms with E-state index in [-0.39, 0.29) is 11.5 Å². The molecule has 1 atom stereocenters. The van der Waals surface area contributed by atoms with Gasteiger partial charge in [0.2, 0.25) is 0 Å². The van der Waals surface area contributed by atoms with Crippen LogP contribution in [0.2, 0.25) is 0 Å². The van der Waals surface area contributed by atoms with Gasteiger partial charge in [-0.3, -0.25) is 0 Å². The van der Waals surface area contributed by atoms with Crippen LogP contribution in [0.4, 0.5) is 0 Å². The topological polar surface area (TPSA) is 58.3 Å². The Balaban J connectivity index is 2.38. The highest BCUT2D eigenvalue weighted by Crippen LogP contribution is 2.40. The Kier molecular flexibility index (Phi) is 4.16. The number of likely N-dealkylation sites (N-methyl/N-ethyl adjacent to an activating group) is 1. The molecular formula is C10H22N2O. The van der Waals surface area contributed by atoms with Crippen LogP contribution in [0.3, 0.4) is 0 Å². The van der Waals surface area contributed by atoms with Crippen LogP contribution in [0.5, 0.6) is 0 Å². The SMILES string of the molecule is CNCC(O)CC1(CN)CCCC1. The Morgan fingerprint density at radius 3 is 2.54 bits per heavy atom. The van der Waals surface area contributed by atoms with Crippen LogP contribution in [0, 0.1) is 5.41 Å². The quantitative estimate of drug-likeness (QED) is 0.585. The molecule has 1 saturated carbocycles. The summed E-state index contributed by atoms with van der Waals surface area (Å²) in [5.41, 5.74) is 6.03. The van der Waals surface area contributed by atoms with Gasteiger partial charge in [0.15, 0.2) is 0 Å². The first kappa shape index (κ1) is 11.0. The molecule has 0 aliphatic heterocycles. The molecule has 0 bridgehead atoms. The third-order valence-electron chi connectivity index (χ3n) is 3.21. The highest BCUT2D eigenvalue weighted by Gasteiger charge is 2.34. The summed E-state index contributed by atoms with van der Waals surface area (Å²) in [7, 11) is 1.87. The van der Waals surface area contributed by atoms with Crippen molar-refractivity contribution >= 4 is 0 Å². The molecular weight excluding hydrogens is 164 g/mol. The predicted molar refractivity (Wildman–Crippen MR) is 54.5 cm³/mol. The number of rotatable bonds is 5. The summed E-state index contributed by atoms with van der Waals surface area (Å²) in [6, 6.07) is 0. The van der Waals surface area contributed by atoms with Crippen LogP contribution >= 0.6 is 0 Å². The number of hydrogen-bond acceptors (Lipinski definition) is 3. The van der Waals surface area contributed by atoms with Gasteiger partial charge < -0.3 is 16.2 Å². The second kappa shape index (κ2) is 4.94. The van der Waals surface area contributed by atoms with Crippen molar-refractivity contribution in [2.75, 3.05) is 20.1 Å². The number of aliphatic hydroxyl groups is 1. The van der Waals surface area contributed by atoms with Gasteiger partial charge in [-0.05, 0) is 38.3 Å². The first-order chi connectivity index (χ1) is 6.22. The second-order valence-electron chi connectivity index (χ2n) is 4.33. The molecule has 0 spiro atoms. The van der Waals surface area contributed by atoms with Gasteiger partial charge in [0.05, 0.1) is 6.10 Å². The van der Waals surface area contributed by atoms with Crippen molar-refractivity contribution in [2.24, 2.45) is 11.1 Å². The van der Waals surface area contributed by atoms with E-state index in [2.05, 4.69) is 5.32 Å². The molecule has 4 N–H and O–H groups in total. The zero-order valence-electron chi connectivity index (χ0n) is 8.55. The first-order valence-corrected chi connectivity index (χ1v) is 5.25. The van der Waals surface area contributed by atoms with Gasteiger partial charge in [-0.25, -0.2) is 0 Å². The van der Waals surface area contributed by atoms with E-state index in [1.807, 2.05) is 7.05 Å². The van der Waals surface area contributed by atoms with E-state index < -0.39 is 0 Å². The molecule has 1 unspecified atom stereocenters. The minimum Gasteiger partial charge on any atom is -0.392 e. The molecule has 0 amide bonds. The molecule has 0 aromatic rings. The summed E-state index contributed by atoms with van der Waals surface area (Å²) in [6.07, 6.45) is 5.60. The maximum atomic E-state index is 9.69. The zero-order valence-corrected chi connectivity index (χ0v) is 8.55. The van der Waals surface area contributed by atoms with Crippen LogP contribution in [-0.2, 0) is 0 Å². The summed E-state index contributed by atoms with van der Waals surface area (Å²) < 4.78 is 0. The number of nitrogens with two attached hydrogens (primary N) is 1. The van der Waals surface area contributed by atoms with Crippen LogP contribution < -0.4 is 11.1 Å². The van der Waals surface area contributed by atoms with Gasteiger partial charge in [-0.1, -0.05) is 12.8 Å². The Morgan fingerprint density at radius 1 is 1.46 bits per heavy atom. The first-order valence-electron chi connectivity index (χ1n) is 5.25. The van der Waals surface area contributed by atoms with E-state index >= 15 is 0 Å². The van der Waals surface area contributed by atoms with Gasteiger partial charge in [0, 0.05) is 6.54 Å². The average Bonchev–Trinajstić information content (AvgIpc) is 2.54. The van der Waals surface area contributed by atoms with Gasteiger partial charge in [0.25, 0.3) is 0 Å². The van der Waals surface area contributed by atoms with Crippen molar-refractivity contribution in [3.05, 3.63) is 0 Å². The van der Waals surface area contributed by atoms with E-state index in [1.165, 1.54) is 25.7 Å². The summed E-state index contributed by atoms with van der Waals surface area (Å²) in [5, 5.41) is 12.7. The fourth-order valence-electron chi connectivity index (χ4n) is 2.42. The summed E-state index contributed by atoms with van der Waals surface area (Å²) in [4.78, 5) is 0. The lowest BCUT2D eigenvalue weighted by molar-refractivity contribution is 0.103. The molecule has 1 aliphatic rings. The maximum absolute atomic E-state index is 9.69. The monoisotopic (exact) mass is 186 g/mol. The lowest BCUT2D eigenvalue weighted by Gasteiger charge is -2.29. The maximum Gasteiger partial charge on any atom is 0.0670 e. The molecule has 3 nitrogen and oxygen atoms in total. The Hall–Kier alpha value is -0.120. The number of nitrogens with one attached hydrogen (secondary N) is 1. The van der Waals surface area contributed by atoms with Crippen molar-refractivity contribution in [2.45, 2.75) is 38.2 Å². The second-order valence-corrected chi connectivity index (χ2v) is 4.33. The van der Waals surface area contributed by atoms with Crippen LogP contribution in [-0.4, -0.2) is 31.3 Å². The van der Waals surface area contributed by atoms with Crippen molar-refractivity contribution in [3.63, 3.8) is 0 Å². The third-order valence-corrected chi connectivity index (χ3v) is 3.21. The predicted octanol–water partition coefficient (Wildman–Crippen LogP) is 0.476. The molecule has 0 aromatic carbocycles. The smallest absolute Gasteiger partial charge is 0.0670 e. The van der Waals surface area contributed by atoms with Crippen molar-refractivity contribution in [1.82, 2.24) is 5.32 Å². The van der Waals surface area contributed by atoms with Crippen LogP contribution in [0.25, 0.3) is 0 Å². The minimum atomic E-state index is -0.230. The lowest BCUT2D eigenvalue weighted by Crippen LogP contribution is -2.35. The van der Waals surface area contributed by atoms with Crippen LogP contribution in [0.1, 0.15) is 32.1 Å². The van der Waals surface area contributed by atoms with Crippen molar-refractivity contribution < 1.29 is 5.11 Å². The molecule has 1 aliphatic carbocycles. The normalized spacial score (nSPS) is 23.3. The Bertz CT molecular complexity index is 144. The molecule has 1 fully saturated rings. The van der Waals surface area contributed by atoms with Crippen molar-refractivity contribution in [3.8, 4) is 0 Å². The summed E-state index contributed by atoms with van der Waals surface area (Å²) in [5.74, 6) is 0. The standard InChI is InChI=1S/C10H22N2O/c1-12-7-9(13)6-10(8-11)4-2-3-5-10/h9,12-13H,2-8,11H2,1H3. The molecule has 1 rings (SSSR count). The number of hydrogen-bond donors (Lipinski definition) is 3. The lowest BCUT2D eigenvalue weighted by atomic mass is 9.81. The molecule has 78 valence electrons. The van der Waals surface area contributed by atoms with E-state index in [0.29, 0.717) is 6.54 Å². The van der Waals surface area contributed by atoms with Gasteiger partial charge in [-0.15, -0.1) is 0 Å². The number of aliphatic hydroxyl groups excluding tert-OH is 1. The fraction of sp³-hybridized carbons (Fsp3) is 1.00. The van der Waals surface area contributed by atoms with Gasteiger partial charge >= 0.3 is 0 Å². The van der Waals surface area contributed by atoms with E-state index in [1.54, 1.807) is 0 Å². The Labute approximate surface area is 80.7 Å². The zero-order chi connectivity index (χ0) is 9.73. The molecule has 0 radical (unpaired) electrons. The summed E-state index contributed by atoms with van der Waals surface area (Å²) in [6.45, 7) is 1.41. The van der Waals surface area contributed by atoms with Gasteiger partial charge in [-0.2, -0.15) is 0 Å². The molecule has 0 saturated heterocycles. The van der Waals surface area contributed by atoms with Crippen molar-refractivity contribution in [1.29, 1.82) is 0 Å². The average molecular weight is 186 g/mol. The molecule has 13 heavy (non-hydrogen) atoms. The van der Waals surface area contributed by atoms with E-state index in [9.17, 15) is 5.11 Å². The van der Waals surface area contributed by atoms with Gasteiger partial charge in [0.1, 0.15) is 0 Å². The fourth-order valence-corrected chi connectivity index (χ4v) is 2.42. The molecule has 0 heterocycles. The van der Waals surface area contributed by atoms with Crippen LogP contribution in [0.15, 0.2) is 0 Å². The highest BCUT2D eigenvalue weighted by molar-refractivity contribution is 4.87. The minimum absolute atomic E-state index is 0.230. The summed E-state index contributed by atoms with van der Waals surface area (Å²) >= 11 is 0. The molecule has 0 aromatic heterocycles. The Morgan fingerprint density at radius 2 is 2.08 bits per heavy atom. The third kappa shape index (κ3) is 2.93.